The van der Waals surface area contributed by atoms with Crippen molar-refractivity contribution >= 4 is 17.4 Å². The summed E-state index contributed by atoms with van der Waals surface area (Å²) in [4.78, 5) is 20.7. The molecule has 0 aliphatic heterocycles. The summed E-state index contributed by atoms with van der Waals surface area (Å²) in [6, 6.07) is 2.73. The fraction of sp³-hybridized carbons (Fsp3) is 0.364. The van der Waals surface area contributed by atoms with Crippen molar-refractivity contribution in [1.82, 2.24) is 20.5 Å². The van der Waals surface area contributed by atoms with E-state index < -0.39 is 18.1 Å². The summed E-state index contributed by atoms with van der Waals surface area (Å²) in [5.41, 5.74) is 0. The molecule has 0 atom stereocenters. The number of amides is 2. The number of hydrogen-bond acceptors (Lipinski definition) is 6. The van der Waals surface area contributed by atoms with Crippen LogP contribution in [0.1, 0.15) is 10.8 Å². The smallest absolute Gasteiger partial charge is 0.339 e. The minimum Gasteiger partial charge on any atom is -0.339 e. The number of thiophene rings is 1. The van der Waals surface area contributed by atoms with Gasteiger partial charge in [0.25, 0.3) is 0 Å². The van der Waals surface area contributed by atoms with Crippen LogP contribution in [0.2, 0.25) is 0 Å². The Morgan fingerprint density at radius 3 is 2.77 bits per heavy atom. The number of carbonyl (C=O) groups excluding carboxylic acids is 1. The van der Waals surface area contributed by atoms with Gasteiger partial charge in [-0.15, -0.1) is 11.3 Å². The Hall–Kier alpha value is -2.14. The molecule has 0 bridgehead atoms. The van der Waals surface area contributed by atoms with Gasteiger partial charge in [-0.05, 0) is 12.1 Å². The molecule has 0 saturated heterocycles. The molecular weight excluding hydrogens is 325 g/mol. The molecule has 11 heteroatoms. The minimum atomic E-state index is -4.68. The number of aromatic nitrogens is 2. The van der Waals surface area contributed by atoms with Gasteiger partial charge < -0.3 is 9.84 Å². The van der Waals surface area contributed by atoms with Crippen LogP contribution in [0.4, 0.5) is 18.0 Å². The molecule has 0 radical (unpaired) electrons. The van der Waals surface area contributed by atoms with E-state index in [-0.39, 0.29) is 12.4 Å². The summed E-state index contributed by atoms with van der Waals surface area (Å²) in [6.07, 6.45) is -4.68. The zero-order valence-electron chi connectivity index (χ0n) is 11.5. The van der Waals surface area contributed by atoms with E-state index in [1.165, 1.54) is 14.2 Å². The number of urea groups is 1. The lowest BCUT2D eigenvalue weighted by atomic mass is 10.4. The van der Waals surface area contributed by atoms with Crippen LogP contribution in [0.15, 0.2) is 16.7 Å². The first-order valence-electron chi connectivity index (χ1n) is 5.88. The maximum absolute atomic E-state index is 12.4. The molecule has 22 heavy (non-hydrogen) atoms. The summed E-state index contributed by atoms with van der Waals surface area (Å²) >= 11 is 1.13. The molecule has 7 nitrogen and oxygen atoms in total. The van der Waals surface area contributed by atoms with Crippen molar-refractivity contribution in [1.29, 1.82) is 0 Å². The molecule has 2 heterocycles. The number of rotatable bonds is 4. The van der Waals surface area contributed by atoms with Gasteiger partial charge in [-0.25, -0.2) is 4.79 Å². The van der Waals surface area contributed by atoms with Gasteiger partial charge in [0.05, 0.1) is 18.5 Å². The SMILES string of the molecule is CNC(=O)N(Cc1ccc(-c2noc(C(F)(F)F)n2)s1)OC. The topological polar surface area (TPSA) is 80.5 Å². The predicted octanol–water partition coefficient (Wildman–Crippen LogP) is 2.52. The van der Waals surface area contributed by atoms with Crippen molar-refractivity contribution in [3.63, 3.8) is 0 Å². The largest absolute Gasteiger partial charge is 0.471 e. The van der Waals surface area contributed by atoms with Crippen molar-refractivity contribution in [2.24, 2.45) is 0 Å². The second-order valence-electron chi connectivity index (χ2n) is 3.96. The Morgan fingerprint density at radius 2 is 2.23 bits per heavy atom. The third kappa shape index (κ3) is 3.54. The molecule has 120 valence electrons. The third-order valence-electron chi connectivity index (χ3n) is 2.51. The predicted molar refractivity (Wildman–Crippen MR) is 69.6 cm³/mol. The molecule has 2 amide bonds. The average molecular weight is 336 g/mol. The molecule has 0 aliphatic rings. The molecule has 0 aromatic carbocycles. The lowest BCUT2D eigenvalue weighted by Crippen LogP contribution is -2.36. The fourth-order valence-electron chi connectivity index (χ4n) is 1.51. The van der Waals surface area contributed by atoms with Gasteiger partial charge >= 0.3 is 18.1 Å². The molecule has 0 aliphatic carbocycles. The maximum Gasteiger partial charge on any atom is 0.471 e. The van der Waals surface area contributed by atoms with Crippen molar-refractivity contribution in [3.05, 3.63) is 22.9 Å². The van der Waals surface area contributed by atoms with E-state index in [2.05, 4.69) is 20.0 Å². The van der Waals surface area contributed by atoms with E-state index >= 15 is 0 Å². The Morgan fingerprint density at radius 1 is 1.50 bits per heavy atom. The molecule has 2 aromatic heterocycles. The Labute approximate surface area is 126 Å². The summed E-state index contributed by atoms with van der Waals surface area (Å²) < 4.78 is 41.4. The van der Waals surface area contributed by atoms with Gasteiger partial charge in [0, 0.05) is 11.9 Å². The highest BCUT2D eigenvalue weighted by Gasteiger charge is 2.38. The number of hydroxylamine groups is 2. The summed E-state index contributed by atoms with van der Waals surface area (Å²) in [5.74, 6) is -1.56. The second-order valence-corrected chi connectivity index (χ2v) is 5.13. The summed E-state index contributed by atoms with van der Waals surface area (Å²) in [5, 5.41) is 6.76. The monoisotopic (exact) mass is 336 g/mol. The molecular formula is C11H11F3N4O3S. The standard InChI is InChI=1S/C11H11F3N4O3S/c1-15-10(19)18(20-2)5-6-3-4-7(22-6)8-16-9(21-17-8)11(12,13)14/h3-4H,5H2,1-2H3,(H,15,19). The van der Waals surface area contributed by atoms with Crippen LogP contribution in [0.3, 0.4) is 0 Å². The van der Waals surface area contributed by atoms with Crippen molar-refractivity contribution in [2.45, 2.75) is 12.7 Å². The van der Waals surface area contributed by atoms with E-state index in [9.17, 15) is 18.0 Å². The van der Waals surface area contributed by atoms with Crippen molar-refractivity contribution in [3.8, 4) is 10.7 Å². The third-order valence-corrected chi connectivity index (χ3v) is 3.58. The molecule has 0 unspecified atom stereocenters. The van der Waals surface area contributed by atoms with Crippen molar-refractivity contribution < 1.29 is 27.3 Å². The number of hydrogen-bond donors (Lipinski definition) is 1. The van der Waals surface area contributed by atoms with Crippen LogP contribution in [-0.2, 0) is 17.6 Å². The van der Waals surface area contributed by atoms with E-state index in [4.69, 9.17) is 4.84 Å². The van der Waals surface area contributed by atoms with Gasteiger partial charge in [0.2, 0.25) is 5.82 Å². The quantitative estimate of drug-likeness (QED) is 0.868. The van der Waals surface area contributed by atoms with Crippen LogP contribution in [0, 0.1) is 0 Å². The first kappa shape index (κ1) is 16.2. The van der Waals surface area contributed by atoms with Crippen LogP contribution < -0.4 is 5.32 Å². The van der Waals surface area contributed by atoms with E-state index in [0.717, 1.165) is 16.4 Å². The molecule has 0 saturated carbocycles. The first-order valence-corrected chi connectivity index (χ1v) is 6.70. The Balaban J connectivity index is 2.14. The van der Waals surface area contributed by atoms with Gasteiger partial charge in [0.1, 0.15) is 0 Å². The van der Waals surface area contributed by atoms with Crippen LogP contribution in [0.5, 0.6) is 0 Å². The van der Waals surface area contributed by atoms with E-state index in [1.807, 2.05) is 0 Å². The highest BCUT2D eigenvalue weighted by atomic mass is 32.1. The number of halogens is 3. The number of nitrogens with one attached hydrogen (secondary N) is 1. The number of nitrogens with zero attached hydrogens (tertiary/aromatic N) is 3. The van der Waals surface area contributed by atoms with E-state index in [0.29, 0.717) is 9.75 Å². The zero-order chi connectivity index (χ0) is 16.3. The van der Waals surface area contributed by atoms with Gasteiger partial charge in [-0.3, -0.25) is 4.84 Å². The summed E-state index contributed by atoms with van der Waals surface area (Å²) in [6.45, 7) is 0.130. The second kappa shape index (κ2) is 6.32. The minimum absolute atomic E-state index is 0.130. The molecule has 2 aromatic rings. The number of alkyl halides is 3. The highest BCUT2D eigenvalue weighted by Crippen LogP contribution is 2.31. The van der Waals surface area contributed by atoms with Gasteiger partial charge in [-0.1, -0.05) is 5.16 Å². The van der Waals surface area contributed by atoms with Crippen LogP contribution in [0.25, 0.3) is 10.7 Å². The lowest BCUT2D eigenvalue weighted by Gasteiger charge is -2.17. The Kier molecular flexibility index (Phi) is 4.66. The molecule has 0 fully saturated rings. The highest BCUT2D eigenvalue weighted by molar-refractivity contribution is 7.15. The van der Waals surface area contributed by atoms with Crippen LogP contribution >= 0.6 is 11.3 Å². The number of carbonyl (C=O) groups is 1. The Bertz CT molecular complexity index is 655. The first-order chi connectivity index (χ1) is 10.3. The fourth-order valence-corrected chi connectivity index (χ4v) is 2.42. The molecule has 2 rings (SSSR count). The lowest BCUT2D eigenvalue weighted by molar-refractivity contribution is -0.159. The van der Waals surface area contributed by atoms with Crippen molar-refractivity contribution in [2.75, 3.05) is 14.2 Å². The zero-order valence-corrected chi connectivity index (χ0v) is 12.3. The van der Waals surface area contributed by atoms with Gasteiger partial charge in [0.15, 0.2) is 0 Å². The van der Waals surface area contributed by atoms with Gasteiger partial charge in [-0.2, -0.15) is 23.2 Å². The molecule has 1 N–H and O–H groups in total. The average Bonchev–Trinajstić information content (AvgIpc) is 3.11. The van der Waals surface area contributed by atoms with Crippen LogP contribution in [-0.4, -0.2) is 35.4 Å². The normalized spacial score (nSPS) is 11.5. The molecule has 0 spiro atoms. The maximum atomic E-state index is 12.4. The van der Waals surface area contributed by atoms with E-state index in [1.54, 1.807) is 12.1 Å². The summed E-state index contributed by atoms with van der Waals surface area (Å²) in [7, 11) is 2.78.